The van der Waals surface area contributed by atoms with E-state index in [1.165, 1.54) is 24.0 Å². The van der Waals surface area contributed by atoms with Gasteiger partial charge in [0.25, 0.3) is 0 Å². The monoisotopic (exact) mass is 433 g/mol. The molecule has 1 heterocycles. The Kier molecular flexibility index (Phi) is 9.18. The van der Waals surface area contributed by atoms with Crippen molar-refractivity contribution in [3.8, 4) is 5.75 Å². The molecule has 0 spiro atoms. The summed E-state index contributed by atoms with van der Waals surface area (Å²) in [7, 11) is 0. The molecule has 0 radical (unpaired) electrons. The average Bonchev–Trinajstić information content (AvgIpc) is 2.71. The molecule has 0 bridgehead atoms. The van der Waals surface area contributed by atoms with Gasteiger partial charge in [0.1, 0.15) is 11.6 Å². The molecule has 0 amide bonds. The lowest BCUT2D eigenvalue weighted by molar-refractivity contribution is 0.110. The first-order chi connectivity index (χ1) is 13.9. The van der Waals surface area contributed by atoms with Gasteiger partial charge in [-0.15, -0.1) is 12.4 Å². The van der Waals surface area contributed by atoms with Crippen molar-refractivity contribution in [2.45, 2.75) is 58.3 Å². The summed E-state index contributed by atoms with van der Waals surface area (Å²) < 4.78 is 19.6. The van der Waals surface area contributed by atoms with Crippen LogP contribution in [0.25, 0.3) is 0 Å². The smallest absolute Gasteiger partial charge is 0.123 e. The first-order valence-corrected chi connectivity index (χ1v) is 11.1. The van der Waals surface area contributed by atoms with Crippen molar-refractivity contribution in [2.75, 3.05) is 26.2 Å². The largest absolute Gasteiger partial charge is 0.493 e. The summed E-state index contributed by atoms with van der Waals surface area (Å²) in [6, 6.07) is 15.6. The van der Waals surface area contributed by atoms with E-state index < -0.39 is 0 Å². The fourth-order valence-corrected chi connectivity index (χ4v) is 4.26. The van der Waals surface area contributed by atoms with Crippen LogP contribution in [0.3, 0.4) is 0 Å². The van der Waals surface area contributed by atoms with Gasteiger partial charge in [-0.05, 0) is 72.7 Å². The number of likely N-dealkylation sites (tertiary alicyclic amines) is 1. The lowest BCUT2D eigenvalue weighted by Crippen LogP contribution is -2.42. The van der Waals surface area contributed by atoms with Crippen LogP contribution in [-0.4, -0.2) is 31.1 Å². The Labute approximate surface area is 188 Å². The van der Waals surface area contributed by atoms with Crippen LogP contribution in [0.2, 0.25) is 0 Å². The molecule has 1 aliphatic heterocycles. The third kappa shape index (κ3) is 6.72. The van der Waals surface area contributed by atoms with Gasteiger partial charge in [0.2, 0.25) is 0 Å². The molecule has 0 N–H and O–H groups in total. The van der Waals surface area contributed by atoms with E-state index in [-0.39, 0.29) is 23.6 Å². The summed E-state index contributed by atoms with van der Waals surface area (Å²) in [5.41, 5.74) is 2.70. The predicted molar refractivity (Wildman–Crippen MR) is 126 cm³/mol. The number of benzene rings is 2. The second kappa shape index (κ2) is 11.2. The van der Waals surface area contributed by atoms with E-state index >= 15 is 0 Å². The Morgan fingerprint density at radius 2 is 1.70 bits per heavy atom. The minimum absolute atomic E-state index is 0. The zero-order valence-electron chi connectivity index (χ0n) is 18.9. The van der Waals surface area contributed by atoms with Crippen LogP contribution in [0.1, 0.15) is 64.0 Å². The molecule has 1 saturated heterocycles. The minimum Gasteiger partial charge on any atom is -0.493 e. The molecule has 1 fully saturated rings. The molecule has 3 rings (SSSR count). The number of piperidine rings is 1. The Morgan fingerprint density at radius 3 is 2.30 bits per heavy atom. The van der Waals surface area contributed by atoms with Crippen molar-refractivity contribution in [1.29, 1.82) is 0 Å². The normalized spacial score (nSPS) is 19.9. The number of hydrogen-bond donors (Lipinski definition) is 0. The van der Waals surface area contributed by atoms with Crippen molar-refractivity contribution < 1.29 is 9.13 Å². The molecule has 4 heteroatoms. The highest BCUT2D eigenvalue weighted by Gasteiger charge is 2.30. The lowest BCUT2D eigenvalue weighted by atomic mass is 9.80. The second-order valence-electron chi connectivity index (χ2n) is 9.45. The standard InChI is InChI=1S/C26H36FNO.ClH/c1-5-6-16-28-17-15-25(20-7-11-23(27)12-8-20)21(18-28)19-29-24-13-9-22(10-14-24)26(2,3)4;/h7-14,21,25H,5-6,15-19H2,1-4H3;1H. The van der Waals surface area contributed by atoms with Gasteiger partial charge in [0.15, 0.2) is 0 Å². The maximum atomic E-state index is 13.4. The molecule has 2 unspecified atom stereocenters. The summed E-state index contributed by atoms with van der Waals surface area (Å²) in [5.74, 6) is 1.60. The number of nitrogens with zero attached hydrogens (tertiary/aromatic N) is 1. The zero-order valence-corrected chi connectivity index (χ0v) is 19.7. The molecular weight excluding hydrogens is 397 g/mol. The van der Waals surface area contributed by atoms with Crippen LogP contribution in [0, 0.1) is 11.7 Å². The molecule has 0 aliphatic carbocycles. The van der Waals surface area contributed by atoms with Crippen LogP contribution in [-0.2, 0) is 5.41 Å². The van der Waals surface area contributed by atoms with E-state index in [4.69, 9.17) is 4.74 Å². The first kappa shape index (κ1) is 24.7. The molecule has 166 valence electrons. The first-order valence-electron chi connectivity index (χ1n) is 11.1. The molecule has 2 aromatic carbocycles. The number of halogens is 2. The quantitative estimate of drug-likeness (QED) is 0.474. The Bertz CT molecular complexity index is 754. The number of rotatable bonds is 7. The maximum Gasteiger partial charge on any atom is 0.123 e. The van der Waals surface area contributed by atoms with E-state index in [2.05, 4.69) is 56.9 Å². The van der Waals surface area contributed by atoms with Crippen molar-refractivity contribution >= 4 is 12.4 Å². The van der Waals surface area contributed by atoms with Crippen molar-refractivity contribution in [1.82, 2.24) is 4.90 Å². The number of ether oxygens (including phenoxy) is 1. The minimum atomic E-state index is -0.166. The van der Waals surface area contributed by atoms with E-state index in [9.17, 15) is 4.39 Å². The van der Waals surface area contributed by atoms with Gasteiger partial charge >= 0.3 is 0 Å². The maximum absolute atomic E-state index is 13.4. The fourth-order valence-electron chi connectivity index (χ4n) is 4.26. The third-order valence-corrected chi connectivity index (χ3v) is 6.13. The van der Waals surface area contributed by atoms with Gasteiger partial charge in [-0.1, -0.05) is 58.4 Å². The van der Waals surface area contributed by atoms with E-state index in [0.29, 0.717) is 18.4 Å². The van der Waals surface area contributed by atoms with Crippen LogP contribution < -0.4 is 4.74 Å². The molecule has 30 heavy (non-hydrogen) atoms. The van der Waals surface area contributed by atoms with Crippen LogP contribution in [0.5, 0.6) is 5.75 Å². The van der Waals surface area contributed by atoms with E-state index in [1.54, 1.807) is 12.1 Å². The molecule has 0 saturated carbocycles. The summed E-state index contributed by atoms with van der Waals surface area (Å²) in [6.07, 6.45) is 3.56. The summed E-state index contributed by atoms with van der Waals surface area (Å²) in [5, 5.41) is 0. The summed E-state index contributed by atoms with van der Waals surface area (Å²) in [6.45, 7) is 12.9. The van der Waals surface area contributed by atoms with Gasteiger partial charge < -0.3 is 9.64 Å². The van der Waals surface area contributed by atoms with Gasteiger partial charge in [-0.25, -0.2) is 4.39 Å². The molecular formula is C26H37ClFNO. The summed E-state index contributed by atoms with van der Waals surface area (Å²) >= 11 is 0. The highest BCUT2D eigenvalue weighted by molar-refractivity contribution is 5.85. The highest BCUT2D eigenvalue weighted by Crippen LogP contribution is 2.34. The number of unbranched alkanes of at least 4 members (excludes halogenated alkanes) is 1. The van der Waals surface area contributed by atoms with Gasteiger partial charge in [0.05, 0.1) is 6.61 Å². The predicted octanol–water partition coefficient (Wildman–Crippen LogP) is 6.83. The molecule has 2 atom stereocenters. The second-order valence-corrected chi connectivity index (χ2v) is 9.45. The SMILES string of the molecule is CCCCN1CCC(c2ccc(F)cc2)C(COc2ccc(C(C)(C)C)cc2)C1.Cl. The lowest BCUT2D eigenvalue weighted by Gasteiger charge is -2.39. The van der Waals surface area contributed by atoms with Gasteiger partial charge in [0, 0.05) is 12.5 Å². The fraction of sp³-hybridized carbons (Fsp3) is 0.538. The third-order valence-electron chi connectivity index (χ3n) is 6.13. The molecule has 2 aromatic rings. The summed E-state index contributed by atoms with van der Waals surface area (Å²) in [4.78, 5) is 2.57. The Balaban J connectivity index is 0.00000320. The topological polar surface area (TPSA) is 12.5 Å². The molecule has 1 aliphatic rings. The van der Waals surface area contributed by atoms with E-state index in [0.717, 1.165) is 31.8 Å². The van der Waals surface area contributed by atoms with E-state index in [1.807, 2.05) is 12.1 Å². The average molecular weight is 434 g/mol. The highest BCUT2D eigenvalue weighted by atomic mass is 35.5. The van der Waals surface area contributed by atoms with Crippen molar-refractivity contribution in [3.63, 3.8) is 0 Å². The zero-order chi connectivity index (χ0) is 20.9. The van der Waals surface area contributed by atoms with Gasteiger partial charge in [-0.3, -0.25) is 0 Å². The van der Waals surface area contributed by atoms with Crippen LogP contribution >= 0.6 is 12.4 Å². The number of hydrogen-bond acceptors (Lipinski definition) is 2. The van der Waals surface area contributed by atoms with Gasteiger partial charge in [-0.2, -0.15) is 0 Å². The van der Waals surface area contributed by atoms with Crippen molar-refractivity contribution in [2.24, 2.45) is 5.92 Å². The Hall–Kier alpha value is -1.58. The van der Waals surface area contributed by atoms with Crippen LogP contribution in [0.4, 0.5) is 4.39 Å². The Morgan fingerprint density at radius 1 is 1.03 bits per heavy atom. The molecule has 0 aromatic heterocycles. The van der Waals surface area contributed by atoms with Crippen LogP contribution in [0.15, 0.2) is 48.5 Å². The van der Waals surface area contributed by atoms with Crippen molar-refractivity contribution in [3.05, 3.63) is 65.5 Å². The molecule has 2 nitrogen and oxygen atoms in total.